The molecule has 3 aromatic carbocycles. The summed E-state index contributed by atoms with van der Waals surface area (Å²) in [6.07, 6.45) is 3.61. The minimum absolute atomic E-state index is 0.0291. The smallest absolute Gasteiger partial charge is 0.335 e. The fourth-order valence-corrected chi connectivity index (χ4v) is 4.82. The Balaban J connectivity index is 1.52. The number of phenolic OH excluding ortho intramolecular Hbond substituents is 1. The molecule has 8 nitrogen and oxygen atoms in total. The second-order valence-corrected chi connectivity index (χ2v) is 9.52. The Morgan fingerprint density at radius 1 is 1.03 bits per heavy atom. The molecule has 0 saturated heterocycles. The summed E-state index contributed by atoms with van der Waals surface area (Å²) in [5.41, 5.74) is 10.2. The highest BCUT2D eigenvalue weighted by Gasteiger charge is 2.31. The Morgan fingerprint density at radius 3 is 2.57 bits per heavy atom. The normalized spacial score (nSPS) is 16.1. The number of fused-ring (bicyclic) bond motifs is 1. The van der Waals surface area contributed by atoms with Gasteiger partial charge >= 0.3 is 11.9 Å². The lowest BCUT2D eigenvalue weighted by Gasteiger charge is -2.22. The van der Waals surface area contributed by atoms with Gasteiger partial charge in [0.2, 0.25) is 0 Å². The number of hydrazone groups is 2. The molecular formula is C29H28N4O4. The number of benzene rings is 3. The monoisotopic (exact) mass is 496 g/mol. The summed E-state index contributed by atoms with van der Waals surface area (Å²) >= 11 is 0. The zero-order valence-electron chi connectivity index (χ0n) is 21.0. The van der Waals surface area contributed by atoms with Crippen molar-refractivity contribution in [1.82, 2.24) is 0 Å². The average Bonchev–Trinajstić information content (AvgIpc) is 3.17. The molecular weight excluding hydrogens is 468 g/mol. The van der Waals surface area contributed by atoms with Crippen LogP contribution in [0.25, 0.3) is 11.1 Å². The van der Waals surface area contributed by atoms with Gasteiger partial charge in [-0.15, -0.1) is 0 Å². The summed E-state index contributed by atoms with van der Waals surface area (Å²) in [5.74, 6) is -1.42. The maximum absolute atomic E-state index is 13.2. The Kier molecular flexibility index (Phi) is 6.25. The number of phenols is 1. The van der Waals surface area contributed by atoms with Crippen LogP contribution in [0.15, 0.2) is 58.7 Å². The van der Waals surface area contributed by atoms with Crippen molar-refractivity contribution in [2.24, 2.45) is 10.2 Å². The standard InChI is InChI=1S/C29H28N4O4/c1-16-11-12-22(13-17(16)2)33-28(35)25(18(3)32-33)30-31-26-23-10-5-4-7-20(23)15-24(27(26)34)19-8-6-9-21(14-19)29(36)37/h6,8-9,11-15,31,34H,4-5,7,10H2,1-3H3,(H,36,37)/b30-25-. The number of anilines is 2. The number of nitrogens with zero attached hydrogens (tertiary/aromatic N) is 3. The zero-order chi connectivity index (χ0) is 26.3. The molecule has 37 heavy (non-hydrogen) atoms. The molecule has 2 aliphatic rings. The van der Waals surface area contributed by atoms with E-state index in [1.165, 1.54) is 11.1 Å². The number of amides is 1. The second-order valence-electron chi connectivity index (χ2n) is 9.52. The predicted octanol–water partition coefficient (Wildman–Crippen LogP) is 5.44. The average molecular weight is 497 g/mol. The topological polar surface area (TPSA) is 115 Å². The molecule has 0 fully saturated rings. The molecule has 1 heterocycles. The third kappa shape index (κ3) is 4.46. The van der Waals surface area contributed by atoms with E-state index < -0.39 is 5.97 Å². The molecule has 1 aliphatic heterocycles. The maximum atomic E-state index is 13.2. The minimum Gasteiger partial charge on any atom is -0.505 e. The van der Waals surface area contributed by atoms with Gasteiger partial charge in [-0.05, 0) is 105 Å². The molecule has 188 valence electrons. The molecule has 0 saturated carbocycles. The summed E-state index contributed by atoms with van der Waals surface area (Å²) in [4.78, 5) is 24.7. The lowest BCUT2D eigenvalue weighted by atomic mass is 9.86. The van der Waals surface area contributed by atoms with Crippen molar-refractivity contribution in [3.8, 4) is 16.9 Å². The van der Waals surface area contributed by atoms with Crippen LogP contribution in [-0.2, 0) is 17.6 Å². The van der Waals surface area contributed by atoms with E-state index in [4.69, 9.17) is 0 Å². The van der Waals surface area contributed by atoms with Crippen molar-refractivity contribution in [3.63, 3.8) is 0 Å². The van der Waals surface area contributed by atoms with Gasteiger partial charge in [0.25, 0.3) is 0 Å². The van der Waals surface area contributed by atoms with E-state index in [1.807, 2.05) is 38.1 Å². The summed E-state index contributed by atoms with van der Waals surface area (Å²) in [6, 6.07) is 14.1. The van der Waals surface area contributed by atoms with Gasteiger partial charge in [-0.25, -0.2) is 4.79 Å². The van der Waals surface area contributed by atoms with Crippen LogP contribution in [0.3, 0.4) is 0 Å². The first-order valence-electron chi connectivity index (χ1n) is 12.3. The van der Waals surface area contributed by atoms with Crippen molar-refractivity contribution in [3.05, 3.63) is 76.3 Å². The number of aromatic hydroxyl groups is 1. The van der Waals surface area contributed by atoms with Gasteiger partial charge < -0.3 is 10.2 Å². The molecule has 0 bridgehead atoms. The molecule has 1 amide bonds. The van der Waals surface area contributed by atoms with Gasteiger partial charge in [0.1, 0.15) is 11.4 Å². The van der Waals surface area contributed by atoms with Crippen molar-refractivity contribution in [1.29, 1.82) is 0 Å². The summed E-state index contributed by atoms with van der Waals surface area (Å²) in [6.45, 7) is 5.72. The van der Waals surface area contributed by atoms with Crippen LogP contribution in [-0.4, -0.2) is 33.5 Å². The van der Waals surface area contributed by atoms with Crippen molar-refractivity contribution in [2.45, 2.75) is 46.5 Å². The first-order chi connectivity index (χ1) is 17.7. The third-order valence-corrected chi connectivity index (χ3v) is 7.05. The fourth-order valence-electron chi connectivity index (χ4n) is 4.82. The Labute approximate surface area is 215 Å². The molecule has 3 aromatic rings. The number of carbonyl (C=O) groups is 2. The highest BCUT2D eigenvalue weighted by molar-refractivity contribution is 6.71. The van der Waals surface area contributed by atoms with E-state index in [9.17, 15) is 19.8 Å². The molecule has 0 atom stereocenters. The van der Waals surface area contributed by atoms with E-state index in [0.29, 0.717) is 28.2 Å². The van der Waals surface area contributed by atoms with Gasteiger partial charge in [0.15, 0.2) is 5.71 Å². The molecule has 3 N–H and O–H groups in total. The molecule has 0 unspecified atom stereocenters. The molecule has 5 rings (SSSR count). The number of hydrogen-bond donors (Lipinski definition) is 3. The van der Waals surface area contributed by atoms with Gasteiger partial charge in [-0.1, -0.05) is 18.2 Å². The van der Waals surface area contributed by atoms with E-state index >= 15 is 0 Å². The number of carboxylic acid groups (broad SMARTS) is 1. The number of rotatable bonds is 5. The van der Waals surface area contributed by atoms with Crippen LogP contribution in [0, 0.1) is 13.8 Å². The maximum Gasteiger partial charge on any atom is 0.335 e. The fraction of sp³-hybridized carbons (Fsp3) is 0.241. The lowest BCUT2D eigenvalue weighted by molar-refractivity contribution is -0.112. The first kappa shape index (κ1) is 24.2. The summed E-state index contributed by atoms with van der Waals surface area (Å²) in [7, 11) is 0. The van der Waals surface area contributed by atoms with Crippen molar-refractivity contribution >= 4 is 34.7 Å². The number of nitrogens with one attached hydrogen (secondary N) is 1. The molecule has 1 aliphatic carbocycles. The van der Waals surface area contributed by atoms with E-state index in [1.54, 1.807) is 25.1 Å². The molecule has 0 radical (unpaired) electrons. The van der Waals surface area contributed by atoms with Crippen LogP contribution < -0.4 is 10.4 Å². The number of aryl methyl sites for hydroxylation is 3. The number of carbonyl (C=O) groups excluding carboxylic acids is 1. The van der Waals surface area contributed by atoms with Crippen molar-refractivity contribution < 1.29 is 19.8 Å². The van der Waals surface area contributed by atoms with E-state index in [0.717, 1.165) is 47.9 Å². The lowest BCUT2D eigenvalue weighted by Crippen LogP contribution is -2.28. The third-order valence-electron chi connectivity index (χ3n) is 7.05. The quantitative estimate of drug-likeness (QED) is 0.321. The second kappa shape index (κ2) is 9.54. The number of carboxylic acids is 1. The Bertz CT molecular complexity index is 1510. The summed E-state index contributed by atoms with van der Waals surface area (Å²) in [5, 5.41) is 30.9. The van der Waals surface area contributed by atoms with Gasteiger partial charge in [-0.2, -0.15) is 15.2 Å². The van der Waals surface area contributed by atoms with E-state index in [2.05, 4.69) is 15.6 Å². The summed E-state index contributed by atoms with van der Waals surface area (Å²) < 4.78 is 0. The van der Waals surface area contributed by atoms with Gasteiger partial charge in [0.05, 0.1) is 17.0 Å². The molecule has 8 heteroatoms. The first-order valence-corrected chi connectivity index (χ1v) is 12.3. The number of hydrogen-bond acceptors (Lipinski definition) is 6. The highest BCUT2D eigenvalue weighted by Crippen LogP contribution is 2.43. The van der Waals surface area contributed by atoms with Crippen LogP contribution >= 0.6 is 0 Å². The van der Waals surface area contributed by atoms with Crippen LogP contribution in [0.2, 0.25) is 0 Å². The Hall–Kier alpha value is -4.46. The van der Waals surface area contributed by atoms with Crippen LogP contribution in [0.1, 0.15) is 52.4 Å². The minimum atomic E-state index is -1.04. The van der Waals surface area contributed by atoms with Gasteiger partial charge in [0, 0.05) is 5.56 Å². The number of aromatic carboxylic acids is 1. The highest BCUT2D eigenvalue weighted by atomic mass is 16.4. The van der Waals surface area contributed by atoms with E-state index in [-0.39, 0.29) is 22.9 Å². The largest absolute Gasteiger partial charge is 0.505 e. The molecule has 0 aromatic heterocycles. The Morgan fingerprint density at radius 2 is 1.81 bits per heavy atom. The zero-order valence-corrected chi connectivity index (χ0v) is 21.0. The van der Waals surface area contributed by atoms with Crippen molar-refractivity contribution in [2.75, 3.05) is 10.4 Å². The van der Waals surface area contributed by atoms with Crippen LogP contribution in [0.4, 0.5) is 11.4 Å². The predicted molar refractivity (Wildman–Crippen MR) is 145 cm³/mol. The van der Waals surface area contributed by atoms with Crippen LogP contribution in [0.5, 0.6) is 5.75 Å². The SMILES string of the molecule is CC1=NN(c2ccc(C)c(C)c2)C(=O)/C1=N\Nc1c(O)c(-c2cccc(C(=O)O)c2)cc2c1CCCC2. The van der Waals surface area contributed by atoms with Gasteiger partial charge in [-0.3, -0.25) is 10.2 Å². The molecule has 0 spiro atoms.